The van der Waals surface area contributed by atoms with Crippen LogP contribution in [0.3, 0.4) is 0 Å². The Morgan fingerprint density at radius 1 is 1.56 bits per heavy atom. The molecule has 0 aromatic rings. The third-order valence-electron chi connectivity index (χ3n) is 1.11. The molecule has 1 aliphatic rings. The van der Waals surface area contributed by atoms with E-state index in [4.69, 9.17) is 4.74 Å². The van der Waals surface area contributed by atoms with Crippen molar-refractivity contribution in [1.82, 2.24) is 0 Å². The first-order valence-electron chi connectivity index (χ1n) is 3.01. The average Bonchev–Trinajstić information content (AvgIpc) is 1.79. The van der Waals surface area contributed by atoms with Gasteiger partial charge < -0.3 is 4.74 Å². The van der Waals surface area contributed by atoms with Crippen molar-refractivity contribution >= 4 is 0 Å². The Kier molecular flexibility index (Phi) is 2.13. The van der Waals surface area contributed by atoms with Crippen LogP contribution in [0, 0.1) is 0 Å². The SMILES string of the molecule is CC1=CC=COCC=C1. The molecule has 1 aliphatic heterocycles. The fourth-order valence-corrected chi connectivity index (χ4v) is 0.647. The van der Waals surface area contributed by atoms with Gasteiger partial charge in [0.05, 0.1) is 6.26 Å². The molecule has 0 unspecified atom stereocenters. The second-order valence-electron chi connectivity index (χ2n) is 1.97. The predicted molar refractivity (Wildman–Crippen MR) is 38.0 cm³/mol. The van der Waals surface area contributed by atoms with Crippen LogP contribution >= 0.6 is 0 Å². The highest BCUT2D eigenvalue weighted by Crippen LogP contribution is 1.98. The van der Waals surface area contributed by atoms with Crippen LogP contribution in [0.2, 0.25) is 0 Å². The number of rotatable bonds is 0. The van der Waals surface area contributed by atoms with Crippen molar-refractivity contribution in [3.8, 4) is 0 Å². The zero-order chi connectivity index (χ0) is 6.53. The summed E-state index contributed by atoms with van der Waals surface area (Å²) in [4.78, 5) is 0. The monoisotopic (exact) mass is 122 g/mol. The standard InChI is InChI=1S/C8H10O/c1-8-4-2-6-9-7-3-5-8/h2-6H,7H2,1H3. The summed E-state index contributed by atoms with van der Waals surface area (Å²) in [5.74, 6) is 0. The number of hydrogen-bond donors (Lipinski definition) is 0. The Hall–Kier alpha value is -0.980. The summed E-state index contributed by atoms with van der Waals surface area (Å²) in [5.41, 5.74) is 1.26. The Morgan fingerprint density at radius 3 is 3.33 bits per heavy atom. The third-order valence-corrected chi connectivity index (χ3v) is 1.11. The average molecular weight is 122 g/mol. The van der Waals surface area contributed by atoms with Crippen molar-refractivity contribution in [3.05, 3.63) is 36.1 Å². The second-order valence-corrected chi connectivity index (χ2v) is 1.97. The van der Waals surface area contributed by atoms with Crippen LogP contribution in [-0.2, 0) is 4.74 Å². The molecular formula is C8H10O. The molecule has 1 heteroatoms. The smallest absolute Gasteiger partial charge is 0.106 e. The van der Waals surface area contributed by atoms with Crippen LogP contribution in [0.15, 0.2) is 36.1 Å². The molecule has 1 nitrogen and oxygen atoms in total. The molecule has 0 aromatic carbocycles. The van der Waals surface area contributed by atoms with Gasteiger partial charge >= 0.3 is 0 Å². The molecule has 9 heavy (non-hydrogen) atoms. The van der Waals surface area contributed by atoms with Crippen molar-refractivity contribution in [2.75, 3.05) is 6.61 Å². The summed E-state index contributed by atoms with van der Waals surface area (Å²) < 4.78 is 5.01. The van der Waals surface area contributed by atoms with E-state index in [-0.39, 0.29) is 0 Å². The van der Waals surface area contributed by atoms with E-state index in [1.54, 1.807) is 6.26 Å². The molecule has 0 saturated carbocycles. The van der Waals surface area contributed by atoms with Crippen molar-refractivity contribution < 1.29 is 4.74 Å². The maximum atomic E-state index is 5.01. The summed E-state index contributed by atoms with van der Waals surface area (Å²) in [6.45, 7) is 2.74. The lowest BCUT2D eigenvalue weighted by Crippen LogP contribution is -1.82. The molecule has 0 aliphatic carbocycles. The third kappa shape index (κ3) is 2.17. The van der Waals surface area contributed by atoms with Gasteiger partial charge in [-0.1, -0.05) is 17.7 Å². The summed E-state index contributed by atoms with van der Waals surface area (Å²) in [6.07, 6.45) is 9.65. The van der Waals surface area contributed by atoms with Gasteiger partial charge in [-0.3, -0.25) is 0 Å². The summed E-state index contributed by atoms with van der Waals surface area (Å²) in [6, 6.07) is 0. The zero-order valence-corrected chi connectivity index (χ0v) is 5.50. The van der Waals surface area contributed by atoms with Gasteiger partial charge in [-0.15, -0.1) is 0 Å². The minimum absolute atomic E-state index is 0.682. The minimum Gasteiger partial charge on any atom is -0.497 e. The Labute approximate surface area is 55.3 Å². The molecule has 0 spiro atoms. The van der Waals surface area contributed by atoms with Gasteiger partial charge in [0.25, 0.3) is 0 Å². The van der Waals surface area contributed by atoms with Crippen LogP contribution in [0.1, 0.15) is 6.92 Å². The van der Waals surface area contributed by atoms with Gasteiger partial charge in [-0.2, -0.15) is 0 Å². The first kappa shape index (κ1) is 6.14. The van der Waals surface area contributed by atoms with Crippen LogP contribution in [0.5, 0.6) is 0 Å². The highest BCUT2D eigenvalue weighted by atomic mass is 16.5. The van der Waals surface area contributed by atoms with Crippen LogP contribution in [-0.4, -0.2) is 6.61 Å². The lowest BCUT2D eigenvalue weighted by Gasteiger charge is -1.96. The van der Waals surface area contributed by atoms with Gasteiger partial charge in [0.1, 0.15) is 6.61 Å². The van der Waals surface area contributed by atoms with E-state index in [1.807, 2.05) is 24.3 Å². The van der Waals surface area contributed by atoms with E-state index in [1.165, 1.54) is 5.57 Å². The molecule has 1 rings (SSSR count). The largest absolute Gasteiger partial charge is 0.497 e. The first-order valence-corrected chi connectivity index (χ1v) is 3.01. The highest BCUT2D eigenvalue weighted by molar-refractivity contribution is 5.21. The molecule has 0 radical (unpaired) electrons. The topological polar surface area (TPSA) is 9.23 Å². The van der Waals surface area contributed by atoms with E-state index >= 15 is 0 Å². The van der Waals surface area contributed by atoms with E-state index in [9.17, 15) is 0 Å². The van der Waals surface area contributed by atoms with E-state index < -0.39 is 0 Å². The number of allylic oxidation sites excluding steroid dienone is 4. The summed E-state index contributed by atoms with van der Waals surface area (Å²) >= 11 is 0. The van der Waals surface area contributed by atoms with Crippen LogP contribution < -0.4 is 0 Å². The maximum absolute atomic E-state index is 5.01. The van der Waals surface area contributed by atoms with Gasteiger partial charge in [0.2, 0.25) is 0 Å². The van der Waals surface area contributed by atoms with Crippen molar-refractivity contribution in [2.45, 2.75) is 6.92 Å². The molecular weight excluding hydrogens is 112 g/mol. The van der Waals surface area contributed by atoms with Gasteiger partial charge in [-0.05, 0) is 19.1 Å². The quantitative estimate of drug-likeness (QED) is 0.477. The molecule has 0 saturated heterocycles. The van der Waals surface area contributed by atoms with Crippen LogP contribution in [0.25, 0.3) is 0 Å². The number of hydrogen-bond acceptors (Lipinski definition) is 1. The Morgan fingerprint density at radius 2 is 2.44 bits per heavy atom. The predicted octanol–water partition coefficient (Wildman–Crippen LogP) is 2.03. The van der Waals surface area contributed by atoms with E-state index in [2.05, 4.69) is 6.92 Å². The number of ether oxygens (including phenoxy) is 1. The molecule has 48 valence electrons. The van der Waals surface area contributed by atoms with Crippen molar-refractivity contribution in [3.63, 3.8) is 0 Å². The lowest BCUT2D eigenvalue weighted by molar-refractivity contribution is 0.289. The van der Waals surface area contributed by atoms with E-state index in [0.717, 1.165) is 0 Å². The maximum Gasteiger partial charge on any atom is 0.106 e. The molecule has 1 heterocycles. The molecule has 0 amide bonds. The Balaban J connectivity index is 2.66. The van der Waals surface area contributed by atoms with Gasteiger partial charge in [0.15, 0.2) is 0 Å². The van der Waals surface area contributed by atoms with E-state index in [0.29, 0.717) is 6.61 Å². The van der Waals surface area contributed by atoms with Crippen LogP contribution in [0.4, 0.5) is 0 Å². The second kappa shape index (κ2) is 3.13. The molecule has 0 fully saturated rings. The zero-order valence-electron chi connectivity index (χ0n) is 5.50. The summed E-state index contributed by atoms with van der Waals surface area (Å²) in [7, 11) is 0. The Bertz CT molecular complexity index is 163. The highest BCUT2D eigenvalue weighted by Gasteiger charge is 1.81. The van der Waals surface area contributed by atoms with Crippen molar-refractivity contribution in [1.29, 1.82) is 0 Å². The van der Waals surface area contributed by atoms with Crippen molar-refractivity contribution in [2.24, 2.45) is 0 Å². The van der Waals surface area contributed by atoms with Gasteiger partial charge in [-0.25, -0.2) is 0 Å². The minimum atomic E-state index is 0.682. The normalized spacial score (nSPS) is 17.7. The lowest BCUT2D eigenvalue weighted by atomic mass is 10.2. The molecule has 0 N–H and O–H groups in total. The molecule has 0 aromatic heterocycles. The fraction of sp³-hybridized carbons (Fsp3) is 0.250. The molecule has 0 bridgehead atoms. The molecule has 0 atom stereocenters. The first-order chi connectivity index (χ1) is 4.39. The summed E-state index contributed by atoms with van der Waals surface area (Å²) in [5, 5.41) is 0. The fourth-order valence-electron chi connectivity index (χ4n) is 0.647. The van der Waals surface area contributed by atoms with Gasteiger partial charge in [0, 0.05) is 0 Å².